The van der Waals surface area contributed by atoms with Crippen molar-refractivity contribution in [1.29, 1.82) is 0 Å². The molecule has 4 aromatic rings. The third-order valence-corrected chi connectivity index (χ3v) is 7.22. The molecule has 0 amide bonds. The summed E-state index contributed by atoms with van der Waals surface area (Å²) >= 11 is 6.78. The second-order valence-corrected chi connectivity index (χ2v) is 9.71. The third-order valence-electron chi connectivity index (χ3n) is 5.93. The van der Waals surface area contributed by atoms with Gasteiger partial charge in [0.2, 0.25) is 0 Å². The number of nitrogens with zero attached hydrogens (tertiary/aromatic N) is 4. The van der Waals surface area contributed by atoms with Gasteiger partial charge in [-0.2, -0.15) is 0 Å². The minimum absolute atomic E-state index is 0.151. The summed E-state index contributed by atoms with van der Waals surface area (Å²) < 4.78 is 10.7. The Hall–Kier alpha value is -4.13. The number of methoxy groups -OCH3 is 1. The lowest BCUT2D eigenvalue weighted by molar-refractivity contribution is 0.0607. The Morgan fingerprint density at radius 2 is 1.89 bits per heavy atom. The van der Waals surface area contributed by atoms with Crippen LogP contribution in [0.25, 0.3) is 11.3 Å². The second-order valence-electron chi connectivity index (χ2n) is 8.32. The van der Waals surface area contributed by atoms with Crippen molar-refractivity contribution in [1.82, 2.24) is 15.2 Å². The maximum atomic E-state index is 12.1. The molecule has 1 aliphatic heterocycles. The highest BCUT2D eigenvalue weighted by Crippen LogP contribution is 2.37. The molecule has 1 atom stereocenters. The van der Waals surface area contributed by atoms with Gasteiger partial charge in [-0.05, 0) is 30.4 Å². The van der Waals surface area contributed by atoms with Crippen molar-refractivity contribution in [2.75, 3.05) is 48.1 Å². The van der Waals surface area contributed by atoms with Crippen LogP contribution in [0.4, 0.5) is 22.5 Å². The summed E-state index contributed by atoms with van der Waals surface area (Å²) in [4.78, 5) is 18.9. The van der Waals surface area contributed by atoms with Gasteiger partial charge in [-0.15, -0.1) is 10.2 Å². The molecule has 0 saturated carbocycles. The van der Waals surface area contributed by atoms with E-state index >= 15 is 0 Å². The first-order valence-corrected chi connectivity index (χ1v) is 13.0. The molecule has 4 N–H and O–H groups in total. The summed E-state index contributed by atoms with van der Waals surface area (Å²) in [5.74, 6) is 0.170. The van der Waals surface area contributed by atoms with Crippen molar-refractivity contribution in [3.8, 4) is 11.3 Å². The molecule has 10 nitrogen and oxygen atoms in total. The van der Waals surface area contributed by atoms with Crippen molar-refractivity contribution in [3.05, 3.63) is 77.2 Å². The Bertz CT molecular complexity index is 1430. The number of para-hydroxylation sites is 1. The largest absolute Gasteiger partial charge is 0.465 e. The van der Waals surface area contributed by atoms with Crippen LogP contribution >= 0.6 is 23.6 Å². The average Bonchev–Trinajstić information content (AvgIpc) is 3.35. The highest BCUT2D eigenvalue weighted by Gasteiger charge is 2.30. The van der Waals surface area contributed by atoms with Crippen molar-refractivity contribution >= 4 is 57.1 Å². The van der Waals surface area contributed by atoms with E-state index in [1.54, 1.807) is 0 Å². The molecule has 1 unspecified atom stereocenters. The van der Waals surface area contributed by atoms with Crippen LogP contribution in [0.15, 0.2) is 66.7 Å². The molecule has 3 heterocycles. The number of anilines is 4. The first kappa shape index (κ1) is 25.5. The number of ether oxygens (including phenoxy) is 2. The number of esters is 1. The first-order valence-electron chi connectivity index (χ1n) is 11.8. The number of nitrogens with two attached hydrogens (primary N) is 1. The summed E-state index contributed by atoms with van der Waals surface area (Å²) in [6.07, 6.45) is 0. The van der Waals surface area contributed by atoms with Gasteiger partial charge in [0.25, 0.3) is 0 Å². The maximum Gasteiger partial charge on any atom is 0.351 e. The molecule has 0 aliphatic carbocycles. The van der Waals surface area contributed by atoms with Gasteiger partial charge < -0.3 is 30.7 Å². The van der Waals surface area contributed by atoms with Crippen molar-refractivity contribution in [2.24, 2.45) is 0 Å². The Morgan fingerprint density at radius 1 is 1.11 bits per heavy atom. The number of thiazole rings is 1. The van der Waals surface area contributed by atoms with Gasteiger partial charge in [0.1, 0.15) is 0 Å². The second kappa shape index (κ2) is 11.5. The predicted octanol–water partition coefficient (Wildman–Crippen LogP) is 4.36. The molecule has 2 aromatic carbocycles. The minimum Gasteiger partial charge on any atom is -0.465 e. The number of thiocarbonyl (C=S) groups is 1. The van der Waals surface area contributed by atoms with E-state index in [1.807, 2.05) is 66.7 Å². The third kappa shape index (κ3) is 5.57. The molecule has 12 heteroatoms. The molecule has 0 radical (unpaired) electrons. The van der Waals surface area contributed by atoms with E-state index < -0.39 is 5.97 Å². The molecule has 1 aliphatic rings. The Labute approximate surface area is 228 Å². The molecule has 2 aromatic heterocycles. The van der Waals surface area contributed by atoms with Crippen LogP contribution in [0.1, 0.15) is 21.3 Å². The highest BCUT2D eigenvalue weighted by atomic mass is 32.1. The van der Waals surface area contributed by atoms with Gasteiger partial charge in [0, 0.05) is 23.4 Å². The molecule has 0 spiro atoms. The quantitative estimate of drug-likeness (QED) is 0.235. The molecule has 38 heavy (non-hydrogen) atoms. The number of hydrogen-bond acceptors (Lipinski definition) is 10. The van der Waals surface area contributed by atoms with Crippen LogP contribution in [0.3, 0.4) is 0 Å². The Balaban J connectivity index is 1.33. The minimum atomic E-state index is -0.505. The lowest BCUT2D eigenvalue weighted by Gasteiger charge is -2.36. The zero-order valence-corrected chi connectivity index (χ0v) is 22.1. The Morgan fingerprint density at radius 3 is 2.66 bits per heavy atom. The predicted molar refractivity (Wildman–Crippen MR) is 153 cm³/mol. The lowest BCUT2D eigenvalue weighted by Crippen LogP contribution is -2.40. The van der Waals surface area contributed by atoms with Gasteiger partial charge in [-0.1, -0.05) is 59.9 Å². The van der Waals surface area contributed by atoms with Crippen molar-refractivity contribution in [2.45, 2.75) is 6.04 Å². The number of benzene rings is 2. The van der Waals surface area contributed by atoms with Crippen LogP contribution in [0.5, 0.6) is 0 Å². The summed E-state index contributed by atoms with van der Waals surface area (Å²) in [5, 5.41) is 15.9. The monoisotopic (exact) mass is 547 g/mol. The number of aromatic nitrogens is 3. The summed E-state index contributed by atoms with van der Waals surface area (Å²) in [6.45, 7) is 1.54. The van der Waals surface area contributed by atoms with Crippen molar-refractivity contribution in [3.63, 3.8) is 0 Å². The van der Waals surface area contributed by atoms with Crippen LogP contribution in [-0.4, -0.2) is 53.1 Å². The van der Waals surface area contributed by atoms with Crippen LogP contribution in [-0.2, 0) is 9.47 Å². The summed E-state index contributed by atoms with van der Waals surface area (Å²) in [7, 11) is 1.32. The van der Waals surface area contributed by atoms with E-state index in [1.165, 1.54) is 18.4 Å². The Kier molecular flexibility index (Phi) is 7.73. The topological polar surface area (TPSA) is 128 Å². The number of hydrogen-bond donors (Lipinski definition) is 3. The van der Waals surface area contributed by atoms with Crippen LogP contribution in [0, 0.1) is 0 Å². The summed E-state index contributed by atoms with van der Waals surface area (Å²) in [5.41, 5.74) is 9.53. The van der Waals surface area contributed by atoms with E-state index in [2.05, 4.69) is 30.7 Å². The number of carbonyl (C=O) groups excluding carboxylic acids is 1. The van der Waals surface area contributed by atoms with E-state index in [0.717, 1.165) is 22.5 Å². The van der Waals surface area contributed by atoms with Gasteiger partial charge in [-0.3, -0.25) is 0 Å². The molecule has 0 bridgehead atoms. The van der Waals surface area contributed by atoms with Gasteiger partial charge in [0.05, 0.1) is 32.1 Å². The normalized spacial score (nSPS) is 15.1. The average molecular weight is 548 g/mol. The smallest absolute Gasteiger partial charge is 0.351 e. The van der Waals surface area contributed by atoms with Gasteiger partial charge >= 0.3 is 5.97 Å². The molecule has 5 rings (SSSR count). The number of carbonyl (C=O) groups is 1. The van der Waals surface area contributed by atoms with E-state index in [4.69, 9.17) is 27.4 Å². The fourth-order valence-electron chi connectivity index (χ4n) is 4.11. The fraction of sp³-hybridized carbons (Fsp3) is 0.192. The zero-order chi connectivity index (χ0) is 26.5. The number of morpholine rings is 1. The first-order chi connectivity index (χ1) is 18.5. The van der Waals surface area contributed by atoms with Gasteiger partial charge in [0.15, 0.2) is 26.8 Å². The van der Waals surface area contributed by atoms with E-state index in [9.17, 15) is 4.79 Å². The molecule has 1 fully saturated rings. The zero-order valence-electron chi connectivity index (χ0n) is 20.5. The molecular formula is C26H25N7O3S2. The number of nitrogens with one attached hydrogen (secondary N) is 2. The SMILES string of the molecule is COC(=O)c1sc(N2CCOCC2c2ccccc2NC(=S)Nc2ccc(-c3ccccc3)nn2)nc1N. The van der Waals surface area contributed by atoms with Crippen molar-refractivity contribution < 1.29 is 14.3 Å². The molecule has 194 valence electrons. The van der Waals surface area contributed by atoms with Crippen LogP contribution in [0.2, 0.25) is 0 Å². The molecule has 1 saturated heterocycles. The van der Waals surface area contributed by atoms with E-state index in [-0.39, 0.29) is 16.7 Å². The maximum absolute atomic E-state index is 12.1. The fourth-order valence-corrected chi connectivity index (χ4v) is 5.30. The van der Waals surface area contributed by atoms with Gasteiger partial charge in [-0.25, -0.2) is 9.78 Å². The molecular weight excluding hydrogens is 522 g/mol. The number of nitrogen functional groups attached to an aromatic ring is 1. The number of rotatable bonds is 6. The highest BCUT2D eigenvalue weighted by molar-refractivity contribution is 7.80. The standard InChI is InChI=1S/C26H25N7O3S2/c1-35-24(34)22-23(27)30-26(38-22)33-13-14-36-15-20(33)17-9-5-6-10-19(17)28-25(37)29-21-12-11-18(31-32-21)16-7-3-2-4-8-16/h2-12,20H,13-15,27H2,1H3,(H2,28,29,32,37). The lowest BCUT2D eigenvalue weighted by atomic mass is 10.0. The van der Waals surface area contributed by atoms with Crippen LogP contribution < -0.4 is 21.3 Å². The van der Waals surface area contributed by atoms with E-state index in [0.29, 0.717) is 35.8 Å². The summed E-state index contributed by atoms with van der Waals surface area (Å²) in [6, 6.07) is 21.2.